The van der Waals surface area contributed by atoms with Gasteiger partial charge in [0, 0.05) is 11.3 Å². The highest BCUT2D eigenvalue weighted by Gasteiger charge is 2.07. The number of aryl methyl sites for hydroxylation is 1. The normalized spacial score (nSPS) is 10.3. The number of nitrogens with one attached hydrogen (secondary N) is 1. The molecule has 0 aliphatic heterocycles. The quantitative estimate of drug-likeness (QED) is 0.748. The van der Waals surface area contributed by atoms with Crippen molar-refractivity contribution in [2.75, 3.05) is 0 Å². The molecule has 76 valence electrons. The first-order valence-electron chi connectivity index (χ1n) is 4.61. The van der Waals surface area contributed by atoms with E-state index in [2.05, 4.69) is 4.98 Å². The zero-order valence-corrected chi connectivity index (χ0v) is 8.25. The molecule has 1 heterocycles. The Kier molecular flexibility index (Phi) is 2.37. The summed E-state index contributed by atoms with van der Waals surface area (Å²) in [5.41, 5.74) is 3.08. The molecule has 0 radical (unpaired) electrons. The SMILES string of the molecule is Cc1cc(-c2ccc(F)cc2)c(C=O)[nH]1. The van der Waals surface area contributed by atoms with Crippen molar-refractivity contribution in [3.8, 4) is 11.1 Å². The lowest BCUT2D eigenvalue weighted by molar-refractivity contribution is 0.112. The first-order chi connectivity index (χ1) is 7.20. The second-order valence-electron chi connectivity index (χ2n) is 3.40. The Bertz CT molecular complexity index is 485. The van der Waals surface area contributed by atoms with Crippen LogP contribution >= 0.6 is 0 Å². The van der Waals surface area contributed by atoms with Gasteiger partial charge in [-0.1, -0.05) is 12.1 Å². The van der Waals surface area contributed by atoms with E-state index < -0.39 is 0 Å². The van der Waals surface area contributed by atoms with Crippen molar-refractivity contribution in [2.45, 2.75) is 6.92 Å². The summed E-state index contributed by atoms with van der Waals surface area (Å²) in [5.74, 6) is -0.279. The van der Waals surface area contributed by atoms with Gasteiger partial charge in [0.15, 0.2) is 6.29 Å². The van der Waals surface area contributed by atoms with E-state index >= 15 is 0 Å². The Balaban J connectivity index is 2.52. The average molecular weight is 203 g/mol. The zero-order chi connectivity index (χ0) is 10.8. The van der Waals surface area contributed by atoms with Gasteiger partial charge in [-0.05, 0) is 30.7 Å². The fourth-order valence-electron chi connectivity index (χ4n) is 1.57. The lowest BCUT2D eigenvalue weighted by Crippen LogP contribution is -1.84. The number of rotatable bonds is 2. The number of benzene rings is 1. The van der Waals surface area contributed by atoms with E-state index in [0.29, 0.717) is 5.69 Å². The first kappa shape index (κ1) is 9.65. The number of halogens is 1. The highest BCUT2D eigenvalue weighted by atomic mass is 19.1. The van der Waals surface area contributed by atoms with Crippen LogP contribution in [0.3, 0.4) is 0 Å². The molecule has 2 aromatic rings. The zero-order valence-electron chi connectivity index (χ0n) is 8.25. The maximum atomic E-state index is 12.7. The van der Waals surface area contributed by atoms with E-state index in [9.17, 15) is 9.18 Å². The Morgan fingerprint density at radius 1 is 1.27 bits per heavy atom. The number of aromatic amines is 1. The van der Waals surface area contributed by atoms with Crippen LogP contribution < -0.4 is 0 Å². The van der Waals surface area contributed by atoms with Crippen molar-refractivity contribution in [1.82, 2.24) is 4.98 Å². The molecule has 0 unspecified atom stereocenters. The summed E-state index contributed by atoms with van der Waals surface area (Å²) in [6.45, 7) is 1.88. The largest absolute Gasteiger partial charge is 0.356 e. The summed E-state index contributed by atoms with van der Waals surface area (Å²) in [5, 5.41) is 0. The van der Waals surface area contributed by atoms with E-state index in [-0.39, 0.29) is 5.82 Å². The number of hydrogen-bond acceptors (Lipinski definition) is 1. The molecule has 0 aliphatic rings. The van der Waals surface area contributed by atoms with Gasteiger partial charge in [0.05, 0.1) is 5.69 Å². The molecule has 2 rings (SSSR count). The smallest absolute Gasteiger partial charge is 0.166 e. The first-order valence-corrected chi connectivity index (χ1v) is 4.61. The molecule has 0 atom stereocenters. The number of carbonyl (C=O) groups excluding carboxylic acids is 1. The van der Waals surface area contributed by atoms with Crippen molar-refractivity contribution >= 4 is 6.29 Å². The van der Waals surface area contributed by atoms with Gasteiger partial charge in [-0.2, -0.15) is 0 Å². The molecule has 1 N–H and O–H groups in total. The molecule has 3 heteroatoms. The topological polar surface area (TPSA) is 32.9 Å². The lowest BCUT2D eigenvalue weighted by Gasteiger charge is -1.98. The molecule has 0 aliphatic carbocycles. The van der Waals surface area contributed by atoms with Crippen LogP contribution in [0.2, 0.25) is 0 Å². The molecule has 0 saturated carbocycles. The molecule has 1 aromatic carbocycles. The molecule has 0 bridgehead atoms. The van der Waals surface area contributed by atoms with E-state index in [1.54, 1.807) is 12.1 Å². The summed E-state index contributed by atoms with van der Waals surface area (Å²) in [4.78, 5) is 13.7. The van der Waals surface area contributed by atoms with Crippen LogP contribution in [0, 0.1) is 12.7 Å². The molecule has 0 fully saturated rings. The summed E-state index contributed by atoms with van der Waals surface area (Å²) >= 11 is 0. The number of aldehydes is 1. The van der Waals surface area contributed by atoms with Crippen LogP contribution in [0.1, 0.15) is 16.2 Å². The maximum absolute atomic E-state index is 12.7. The number of H-pyrrole nitrogens is 1. The Labute approximate surface area is 86.8 Å². The highest BCUT2D eigenvalue weighted by molar-refractivity contribution is 5.86. The van der Waals surface area contributed by atoms with E-state index in [4.69, 9.17) is 0 Å². The second-order valence-corrected chi connectivity index (χ2v) is 3.40. The third kappa shape index (κ3) is 1.81. The van der Waals surface area contributed by atoms with Gasteiger partial charge < -0.3 is 4.98 Å². The van der Waals surface area contributed by atoms with Crippen molar-refractivity contribution in [3.05, 3.63) is 47.5 Å². The summed E-state index contributed by atoms with van der Waals surface area (Å²) < 4.78 is 12.7. The summed E-state index contributed by atoms with van der Waals surface area (Å²) in [6.07, 6.45) is 0.770. The van der Waals surface area contributed by atoms with Gasteiger partial charge >= 0.3 is 0 Å². The number of hydrogen-bond donors (Lipinski definition) is 1. The molecule has 0 saturated heterocycles. The molecule has 15 heavy (non-hydrogen) atoms. The monoisotopic (exact) mass is 203 g/mol. The Hall–Kier alpha value is -1.90. The second kappa shape index (κ2) is 3.69. The van der Waals surface area contributed by atoms with Crippen LogP contribution in [-0.2, 0) is 0 Å². The minimum atomic E-state index is -0.279. The number of carbonyl (C=O) groups is 1. The minimum Gasteiger partial charge on any atom is -0.356 e. The third-order valence-electron chi connectivity index (χ3n) is 2.26. The molecular formula is C12H10FNO. The van der Waals surface area contributed by atoms with Gasteiger partial charge in [0.1, 0.15) is 5.82 Å². The van der Waals surface area contributed by atoms with E-state index in [0.717, 1.165) is 23.1 Å². The summed E-state index contributed by atoms with van der Waals surface area (Å²) in [7, 11) is 0. The van der Waals surface area contributed by atoms with Crippen molar-refractivity contribution in [3.63, 3.8) is 0 Å². The van der Waals surface area contributed by atoms with Crippen molar-refractivity contribution in [2.24, 2.45) is 0 Å². The third-order valence-corrected chi connectivity index (χ3v) is 2.26. The molecular weight excluding hydrogens is 193 g/mol. The minimum absolute atomic E-state index is 0.279. The van der Waals surface area contributed by atoms with Gasteiger partial charge in [-0.3, -0.25) is 4.79 Å². The highest BCUT2D eigenvalue weighted by Crippen LogP contribution is 2.23. The van der Waals surface area contributed by atoms with Crippen LogP contribution in [0.4, 0.5) is 4.39 Å². The van der Waals surface area contributed by atoms with Crippen molar-refractivity contribution < 1.29 is 9.18 Å². The van der Waals surface area contributed by atoms with Crippen molar-refractivity contribution in [1.29, 1.82) is 0 Å². The Morgan fingerprint density at radius 3 is 2.53 bits per heavy atom. The van der Waals surface area contributed by atoms with Gasteiger partial charge in [0.25, 0.3) is 0 Å². The predicted molar refractivity (Wildman–Crippen MR) is 56.3 cm³/mol. The fraction of sp³-hybridized carbons (Fsp3) is 0.0833. The summed E-state index contributed by atoms with van der Waals surface area (Å²) in [6, 6.07) is 7.95. The van der Waals surface area contributed by atoms with Crippen LogP contribution in [0.5, 0.6) is 0 Å². The van der Waals surface area contributed by atoms with E-state index in [1.807, 2.05) is 13.0 Å². The molecule has 0 amide bonds. The van der Waals surface area contributed by atoms with Gasteiger partial charge in [0.2, 0.25) is 0 Å². The van der Waals surface area contributed by atoms with E-state index in [1.165, 1.54) is 12.1 Å². The average Bonchev–Trinajstić information content (AvgIpc) is 2.61. The predicted octanol–water partition coefficient (Wildman–Crippen LogP) is 2.94. The maximum Gasteiger partial charge on any atom is 0.166 e. The molecule has 0 spiro atoms. The lowest BCUT2D eigenvalue weighted by atomic mass is 10.1. The fourth-order valence-corrected chi connectivity index (χ4v) is 1.57. The molecule has 2 nitrogen and oxygen atoms in total. The van der Waals surface area contributed by atoms with Crippen LogP contribution in [-0.4, -0.2) is 11.3 Å². The molecule has 1 aromatic heterocycles. The standard InChI is InChI=1S/C12H10FNO/c1-8-6-11(12(7-15)14-8)9-2-4-10(13)5-3-9/h2-7,14H,1H3. The van der Waals surface area contributed by atoms with Gasteiger partial charge in [-0.15, -0.1) is 0 Å². The van der Waals surface area contributed by atoms with Crippen LogP contribution in [0.15, 0.2) is 30.3 Å². The van der Waals surface area contributed by atoms with Gasteiger partial charge in [-0.25, -0.2) is 4.39 Å². The van der Waals surface area contributed by atoms with Crippen LogP contribution in [0.25, 0.3) is 11.1 Å². The number of aromatic nitrogens is 1. The Morgan fingerprint density at radius 2 is 1.93 bits per heavy atom.